The van der Waals surface area contributed by atoms with Crippen molar-refractivity contribution in [2.75, 3.05) is 17.6 Å². The van der Waals surface area contributed by atoms with E-state index in [1.54, 1.807) is 30.3 Å². The molecule has 0 saturated heterocycles. The molecule has 0 heterocycles. The number of carbonyl (C=O) groups excluding carboxylic acids is 1. The number of anilines is 2. The quantitative estimate of drug-likeness (QED) is 0.622. The third-order valence-electron chi connectivity index (χ3n) is 3.00. The Balaban J connectivity index is 1.96. The summed E-state index contributed by atoms with van der Waals surface area (Å²) in [6.07, 6.45) is 0.802. The van der Waals surface area contributed by atoms with Crippen LogP contribution in [-0.2, 0) is 6.42 Å². The Hall–Kier alpha value is -2.69. The minimum Gasteiger partial charge on any atom is -0.508 e. The minimum absolute atomic E-state index is 0.256. The highest BCUT2D eigenvalue weighted by Crippen LogP contribution is 2.17. The van der Waals surface area contributed by atoms with Gasteiger partial charge in [-0.15, -0.1) is 0 Å². The lowest BCUT2D eigenvalue weighted by Gasteiger charge is -2.09. The van der Waals surface area contributed by atoms with Gasteiger partial charge in [-0.1, -0.05) is 12.1 Å². The maximum absolute atomic E-state index is 11.2. The zero-order valence-corrected chi connectivity index (χ0v) is 11.0. The third kappa shape index (κ3) is 3.41. The van der Waals surface area contributed by atoms with E-state index in [2.05, 4.69) is 5.32 Å². The summed E-state index contributed by atoms with van der Waals surface area (Å²) in [6.45, 7) is 0.701. The fraction of sp³-hybridized carbons (Fsp3) is 0.133. The Morgan fingerprint density at radius 1 is 1.15 bits per heavy atom. The Morgan fingerprint density at radius 3 is 2.50 bits per heavy atom. The highest BCUT2D eigenvalue weighted by Gasteiger charge is 2.06. The first-order valence-electron chi connectivity index (χ1n) is 6.27. The van der Waals surface area contributed by atoms with Crippen LogP contribution in [0.15, 0.2) is 42.5 Å². The number of hydrogen-bond donors (Lipinski definition) is 4. The predicted octanol–water partition coefficient (Wildman–Crippen LogP) is 1.73. The van der Waals surface area contributed by atoms with Crippen molar-refractivity contribution in [2.45, 2.75) is 6.42 Å². The summed E-state index contributed by atoms with van der Waals surface area (Å²) in [5, 5.41) is 12.4. The van der Waals surface area contributed by atoms with Gasteiger partial charge in [0.15, 0.2) is 0 Å². The van der Waals surface area contributed by atoms with Crippen LogP contribution in [-0.4, -0.2) is 17.6 Å². The molecule has 2 rings (SSSR count). The molecule has 0 radical (unpaired) electrons. The maximum Gasteiger partial charge on any atom is 0.250 e. The molecule has 0 saturated carbocycles. The molecule has 0 aliphatic rings. The van der Waals surface area contributed by atoms with Gasteiger partial charge in [0.1, 0.15) is 5.75 Å². The molecule has 2 aromatic carbocycles. The van der Waals surface area contributed by atoms with Gasteiger partial charge >= 0.3 is 0 Å². The number of amides is 1. The molecule has 2 aromatic rings. The number of phenolic OH excluding ortho intramolecular Hbond substituents is 1. The zero-order valence-electron chi connectivity index (χ0n) is 11.0. The molecule has 20 heavy (non-hydrogen) atoms. The summed E-state index contributed by atoms with van der Waals surface area (Å²) in [5.74, 6) is -0.281. The number of aromatic hydroxyl groups is 1. The molecular formula is C15H17N3O2. The van der Waals surface area contributed by atoms with E-state index in [0.29, 0.717) is 17.8 Å². The average molecular weight is 271 g/mol. The van der Waals surface area contributed by atoms with Gasteiger partial charge in [-0.05, 0) is 42.3 Å². The topological polar surface area (TPSA) is 101 Å². The second-order valence-corrected chi connectivity index (χ2v) is 4.51. The van der Waals surface area contributed by atoms with Crippen molar-refractivity contribution in [3.8, 4) is 5.75 Å². The number of nitrogen functional groups attached to an aromatic ring is 1. The van der Waals surface area contributed by atoms with E-state index in [0.717, 1.165) is 17.7 Å². The Kier molecular flexibility index (Phi) is 4.10. The second-order valence-electron chi connectivity index (χ2n) is 4.51. The summed E-state index contributed by atoms with van der Waals surface area (Å²) >= 11 is 0. The van der Waals surface area contributed by atoms with Crippen molar-refractivity contribution in [3.05, 3.63) is 53.6 Å². The van der Waals surface area contributed by atoms with Gasteiger partial charge in [-0.25, -0.2) is 0 Å². The highest BCUT2D eigenvalue weighted by atomic mass is 16.3. The van der Waals surface area contributed by atoms with E-state index in [4.69, 9.17) is 11.5 Å². The summed E-state index contributed by atoms with van der Waals surface area (Å²) in [5.41, 5.74) is 13.5. The van der Waals surface area contributed by atoms with Gasteiger partial charge in [-0.2, -0.15) is 0 Å². The maximum atomic E-state index is 11.2. The summed E-state index contributed by atoms with van der Waals surface area (Å²) in [7, 11) is 0. The Labute approximate surface area is 117 Å². The number of nitrogens with one attached hydrogen (secondary N) is 1. The van der Waals surface area contributed by atoms with Crippen LogP contribution in [0.5, 0.6) is 5.75 Å². The number of hydrogen-bond acceptors (Lipinski definition) is 4. The molecule has 0 spiro atoms. The Morgan fingerprint density at radius 2 is 1.85 bits per heavy atom. The molecule has 5 heteroatoms. The first-order valence-corrected chi connectivity index (χ1v) is 6.27. The molecule has 0 unspecified atom stereocenters. The van der Waals surface area contributed by atoms with Gasteiger partial charge < -0.3 is 21.9 Å². The average Bonchev–Trinajstić information content (AvgIpc) is 2.42. The standard InChI is InChI=1S/C15H17N3O2/c16-14-6-3-11(9-13(14)15(17)20)18-8-7-10-1-4-12(19)5-2-10/h1-6,9,18-19H,7-8,16H2,(H2,17,20). The molecule has 5 nitrogen and oxygen atoms in total. The smallest absolute Gasteiger partial charge is 0.250 e. The van der Waals surface area contributed by atoms with Gasteiger partial charge in [-0.3, -0.25) is 4.79 Å². The van der Waals surface area contributed by atoms with E-state index in [1.807, 2.05) is 12.1 Å². The summed E-state index contributed by atoms with van der Waals surface area (Å²) in [4.78, 5) is 11.2. The van der Waals surface area contributed by atoms with Crippen LogP contribution >= 0.6 is 0 Å². The monoisotopic (exact) mass is 271 g/mol. The molecule has 0 fully saturated rings. The first kappa shape index (κ1) is 13.7. The number of carbonyl (C=O) groups is 1. The fourth-order valence-electron chi connectivity index (χ4n) is 1.89. The van der Waals surface area contributed by atoms with Crippen LogP contribution < -0.4 is 16.8 Å². The SMILES string of the molecule is NC(=O)c1cc(NCCc2ccc(O)cc2)ccc1N. The van der Waals surface area contributed by atoms with E-state index < -0.39 is 5.91 Å². The number of nitrogens with two attached hydrogens (primary N) is 2. The van der Waals surface area contributed by atoms with Crippen molar-refractivity contribution in [3.63, 3.8) is 0 Å². The van der Waals surface area contributed by atoms with Gasteiger partial charge in [0.05, 0.1) is 5.56 Å². The molecule has 0 aliphatic heterocycles. The number of primary amides is 1. The van der Waals surface area contributed by atoms with Crippen LogP contribution in [0.4, 0.5) is 11.4 Å². The third-order valence-corrected chi connectivity index (χ3v) is 3.00. The lowest BCUT2D eigenvalue weighted by atomic mass is 10.1. The van der Waals surface area contributed by atoms with Gasteiger partial charge in [0.25, 0.3) is 5.91 Å². The van der Waals surface area contributed by atoms with Crippen molar-refractivity contribution in [2.24, 2.45) is 5.73 Å². The van der Waals surface area contributed by atoms with Gasteiger partial charge in [0, 0.05) is 17.9 Å². The fourth-order valence-corrected chi connectivity index (χ4v) is 1.89. The van der Waals surface area contributed by atoms with E-state index in [1.165, 1.54) is 0 Å². The molecule has 104 valence electrons. The number of benzene rings is 2. The molecule has 6 N–H and O–H groups in total. The first-order chi connectivity index (χ1) is 9.56. The lowest BCUT2D eigenvalue weighted by Crippen LogP contribution is -2.14. The Bertz CT molecular complexity index is 609. The lowest BCUT2D eigenvalue weighted by molar-refractivity contribution is 0.100. The van der Waals surface area contributed by atoms with Gasteiger partial charge in [0.2, 0.25) is 0 Å². The normalized spacial score (nSPS) is 10.2. The van der Waals surface area contributed by atoms with Crippen LogP contribution in [0.25, 0.3) is 0 Å². The molecule has 1 amide bonds. The number of rotatable bonds is 5. The summed E-state index contributed by atoms with van der Waals surface area (Å²) in [6, 6.07) is 12.2. The van der Waals surface area contributed by atoms with E-state index in [-0.39, 0.29) is 5.75 Å². The van der Waals surface area contributed by atoms with Crippen molar-refractivity contribution < 1.29 is 9.90 Å². The predicted molar refractivity (Wildman–Crippen MR) is 79.7 cm³/mol. The van der Waals surface area contributed by atoms with Crippen LogP contribution in [0.3, 0.4) is 0 Å². The van der Waals surface area contributed by atoms with Crippen LogP contribution in [0.2, 0.25) is 0 Å². The molecular weight excluding hydrogens is 254 g/mol. The molecule has 0 bridgehead atoms. The number of phenols is 1. The minimum atomic E-state index is -0.537. The highest BCUT2D eigenvalue weighted by molar-refractivity contribution is 5.98. The molecule has 0 aromatic heterocycles. The van der Waals surface area contributed by atoms with Crippen molar-refractivity contribution >= 4 is 17.3 Å². The molecule has 0 aliphatic carbocycles. The zero-order chi connectivity index (χ0) is 14.5. The largest absolute Gasteiger partial charge is 0.508 e. The summed E-state index contributed by atoms with van der Waals surface area (Å²) < 4.78 is 0. The second kappa shape index (κ2) is 5.97. The van der Waals surface area contributed by atoms with Crippen molar-refractivity contribution in [1.82, 2.24) is 0 Å². The molecule has 0 atom stereocenters. The van der Waals surface area contributed by atoms with E-state index >= 15 is 0 Å². The van der Waals surface area contributed by atoms with E-state index in [9.17, 15) is 9.90 Å². The van der Waals surface area contributed by atoms with Crippen LogP contribution in [0, 0.1) is 0 Å². The van der Waals surface area contributed by atoms with Crippen LogP contribution in [0.1, 0.15) is 15.9 Å². The van der Waals surface area contributed by atoms with Crippen molar-refractivity contribution in [1.29, 1.82) is 0 Å².